The molecule has 10 heteroatoms. The van der Waals surface area contributed by atoms with Crippen LogP contribution in [-0.4, -0.2) is 68.7 Å². The van der Waals surface area contributed by atoms with E-state index in [1.807, 2.05) is 19.1 Å². The van der Waals surface area contributed by atoms with Crippen molar-refractivity contribution in [2.75, 3.05) is 39.5 Å². The van der Waals surface area contributed by atoms with E-state index in [4.69, 9.17) is 9.47 Å². The number of halogens is 1. The Morgan fingerprint density at radius 1 is 1.20 bits per heavy atom. The minimum atomic E-state index is -0.413. The SMILES string of the molecule is C[C@@H](OCCN1CCC(C)(C)C1)c1ccc(-c2cc3c(cc2F)nnc2c3n(C3CCOCC3)c(=O)n2C)cn1. The summed E-state index contributed by atoms with van der Waals surface area (Å²) in [6, 6.07) is 6.92. The van der Waals surface area contributed by atoms with Crippen molar-refractivity contribution in [2.24, 2.45) is 12.5 Å². The van der Waals surface area contributed by atoms with Crippen LogP contribution < -0.4 is 5.69 Å². The third-order valence-electron chi connectivity index (χ3n) is 8.46. The first-order valence-corrected chi connectivity index (χ1v) is 14.2. The number of likely N-dealkylation sites (tertiary alicyclic amines) is 1. The van der Waals surface area contributed by atoms with E-state index in [1.54, 1.807) is 23.9 Å². The average molecular weight is 549 g/mol. The number of fused-ring (bicyclic) bond motifs is 3. The molecule has 1 atom stereocenters. The number of benzene rings is 1. The van der Waals surface area contributed by atoms with Crippen LogP contribution in [0.3, 0.4) is 0 Å². The predicted octanol–water partition coefficient (Wildman–Crippen LogP) is 4.65. The Bertz CT molecular complexity index is 1590. The Hall–Kier alpha value is -3.21. The Labute approximate surface area is 232 Å². The van der Waals surface area contributed by atoms with Crippen molar-refractivity contribution in [1.29, 1.82) is 0 Å². The monoisotopic (exact) mass is 548 g/mol. The van der Waals surface area contributed by atoms with Crippen molar-refractivity contribution in [3.8, 4) is 11.1 Å². The molecule has 0 N–H and O–H groups in total. The van der Waals surface area contributed by atoms with Gasteiger partial charge in [-0.2, -0.15) is 0 Å². The smallest absolute Gasteiger partial charge is 0.330 e. The summed E-state index contributed by atoms with van der Waals surface area (Å²) in [6.07, 6.45) is 4.20. The Kier molecular flexibility index (Phi) is 7.18. The van der Waals surface area contributed by atoms with Gasteiger partial charge in [0.05, 0.1) is 23.9 Å². The van der Waals surface area contributed by atoms with Crippen molar-refractivity contribution in [3.63, 3.8) is 0 Å². The van der Waals surface area contributed by atoms with Crippen LogP contribution in [-0.2, 0) is 16.5 Å². The lowest BCUT2D eigenvalue weighted by molar-refractivity contribution is 0.0478. The third-order valence-corrected chi connectivity index (χ3v) is 8.46. The van der Waals surface area contributed by atoms with E-state index in [9.17, 15) is 4.79 Å². The zero-order chi connectivity index (χ0) is 28.0. The highest BCUT2D eigenvalue weighted by Crippen LogP contribution is 2.33. The normalized spacial score (nSPS) is 19.1. The Morgan fingerprint density at radius 3 is 2.70 bits per heavy atom. The van der Waals surface area contributed by atoms with E-state index in [1.165, 1.54) is 17.1 Å². The molecule has 4 aromatic rings. The standard InChI is InChI=1S/C30H37FN6O3/c1-19(40-14-11-36-10-9-30(2,3)18-36)25-6-5-20(17-32-25)22-15-23-26(16-24(22)31)33-34-28-27(23)37(29(38)35(28)4)21-7-12-39-13-8-21/h5-6,15-17,19,21H,7-14,18H2,1-4H3/t19-/m1/s1. The lowest BCUT2D eigenvalue weighted by Gasteiger charge is -2.23. The number of aryl methyl sites for hydroxylation is 1. The van der Waals surface area contributed by atoms with Gasteiger partial charge in [-0.05, 0) is 50.3 Å². The molecule has 6 rings (SSSR count). The fourth-order valence-electron chi connectivity index (χ4n) is 6.08. The van der Waals surface area contributed by atoms with Gasteiger partial charge in [0.15, 0.2) is 5.65 Å². The molecule has 0 radical (unpaired) electrons. The zero-order valence-electron chi connectivity index (χ0n) is 23.7. The van der Waals surface area contributed by atoms with Gasteiger partial charge in [-0.25, -0.2) is 9.18 Å². The molecular formula is C30H37FN6O3. The number of rotatable bonds is 7. The number of hydrogen-bond donors (Lipinski definition) is 0. The summed E-state index contributed by atoms with van der Waals surface area (Å²) in [5, 5.41) is 9.22. The van der Waals surface area contributed by atoms with Crippen LogP contribution in [0.1, 0.15) is 57.9 Å². The van der Waals surface area contributed by atoms with E-state index in [0.29, 0.717) is 58.4 Å². The van der Waals surface area contributed by atoms with E-state index < -0.39 is 5.82 Å². The van der Waals surface area contributed by atoms with Gasteiger partial charge in [0, 0.05) is 68.2 Å². The van der Waals surface area contributed by atoms with Crippen LogP contribution in [0.5, 0.6) is 0 Å². The molecule has 9 nitrogen and oxygen atoms in total. The van der Waals surface area contributed by atoms with Gasteiger partial charge in [0.1, 0.15) is 11.3 Å². The second-order valence-electron chi connectivity index (χ2n) is 12.0. The van der Waals surface area contributed by atoms with Gasteiger partial charge >= 0.3 is 5.69 Å². The molecule has 0 amide bonds. The fraction of sp³-hybridized carbons (Fsp3) is 0.533. The number of nitrogens with zero attached hydrogens (tertiary/aromatic N) is 6. The fourth-order valence-corrected chi connectivity index (χ4v) is 6.08. The average Bonchev–Trinajstić information content (AvgIpc) is 3.43. The summed E-state index contributed by atoms with van der Waals surface area (Å²) in [6.45, 7) is 11.6. The topological polar surface area (TPSA) is 87.3 Å². The van der Waals surface area contributed by atoms with E-state index in [2.05, 4.69) is 33.9 Å². The molecule has 2 saturated heterocycles. The largest absolute Gasteiger partial charge is 0.381 e. The van der Waals surface area contributed by atoms with Crippen LogP contribution in [0.15, 0.2) is 35.3 Å². The molecular weight excluding hydrogens is 511 g/mol. The van der Waals surface area contributed by atoms with Gasteiger partial charge in [-0.3, -0.25) is 14.1 Å². The highest BCUT2D eigenvalue weighted by Gasteiger charge is 2.29. The van der Waals surface area contributed by atoms with Crippen molar-refractivity contribution in [2.45, 2.75) is 52.2 Å². The van der Waals surface area contributed by atoms with Gasteiger partial charge in [0.2, 0.25) is 0 Å². The summed E-state index contributed by atoms with van der Waals surface area (Å²) < 4.78 is 30.3. The number of hydrogen-bond acceptors (Lipinski definition) is 7. The molecule has 2 fully saturated rings. The number of imidazole rings is 1. The van der Waals surface area contributed by atoms with Crippen molar-refractivity contribution in [1.82, 2.24) is 29.2 Å². The first-order chi connectivity index (χ1) is 19.2. The summed E-state index contributed by atoms with van der Waals surface area (Å²) >= 11 is 0. The van der Waals surface area contributed by atoms with Crippen LogP contribution in [0.2, 0.25) is 0 Å². The predicted molar refractivity (Wildman–Crippen MR) is 152 cm³/mol. The Balaban J connectivity index is 1.27. The quantitative estimate of drug-likeness (QED) is 0.332. The minimum absolute atomic E-state index is 0.00903. The van der Waals surface area contributed by atoms with Crippen LogP contribution in [0, 0.1) is 11.2 Å². The molecule has 1 aromatic carbocycles. The molecule has 0 bridgehead atoms. The summed E-state index contributed by atoms with van der Waals surface area (Å²) in [4.78, 5) is 20.3. The van der Waals surface area contributed by atoms with Crippen LogP contribution in [0.4, 0.5) is 4.39 Å². The van der Waals surface area contributed by atoms with E-state index in [-0.39, 0.29) is 17.8 Å². The lowest BCUT2D eigenvalue weighted by Crippen LogP contribution is -2.29. The van der Waals surface area contributed by atoms with Gasteiger partial charge in [-0.15, -0.1) is 10.2 Å². The van der Waals surface area contributed by atoms with Crippen LogP contribution >= 0.6 is 0 Å². The van der Waals surface area contributed by atoms with E-state index in [0.717, 1.165) is 38.2 Å². The summed E-state index contributed by atoms with van der Waals surface area (Å²) in [5.41, 5.74) is 3.66. The van der Waals surface area contributed by atoms with Crippen molar-refractivity contribution >= 4 is 22.1 Å². The molecule has 40 heavy (non-hydrogen) atoms. The lowest BCUT2D eigenvalue weighted by atomic mass is 9.93. The Morgan fingerprint density at radius 2 is 2.00 bits per heavy atom. The molecule has 2 aliphatic heterocycles. The second-order valence-corrected chi connectivity index (χ2v) is 12.0. The van der Waals surface area contributed by atoms with Gasteiger partial charge in [0.25, 0.3) is 0 Å². The van der Waals surface area contributed by atoms with Crippen molar-refractivity contribution < 1.29 is 13.9 Å². The van der Waals surface area contributed by atoms with Gasteiger partial charge < -0.3 is 14.4 Å². The third kappa shape index (κ3) is 5.04. The minimum Gasteiger partial charge on any atom is -0.381 e. The first-order valence-electron chi connectivity index (χ1n) is 14.2. The molecule has 212 valence electrons. The summed E-state index contributed by atoms with van der Waals surface area (Å²) in [7, 11) is 1.70. The first kappa shape index (κ1) is 27.0. The molecule has 0 unspecified atom stereocenters. The number of pyridine rings is 1. The highest BCUT2D eigenvalue weighted by molar-refractivity contribution is 6.02. The van der Waals surface area contributed by atoms with Crippen molar-refractivity contribution in [3.05, 3.63) is 52.5 Å². The van der Waals surface area contributed by atoms with E-state index >= 15 is 4.39 Å². The molecule has 0 saturated carbocycles. The maximum Gasteiger partial charge on any atom is 0.330 e. The van der Waals surface area contributed by atoms with Gasteiger partial charge in [-0.1, -0.05) is 19.9 Å². The highest BCUT2D eigenvalue weighted by atomic mass is 19.1. The molecule has 3 aromatic heterocycles. The summed E-state index contributed by atoms with van der Waals surface area (Å²) in [5.74, 6) is -0.413. The second kappa shape index (κ2) is 10.6. The maximum atomic E-state index is 15.4. The number of aromatic nitrogens is 5. The zero-order valence-corrected chi connectivity index (χ0v) is 23.7. The number of ether oxygens (including phenoxy) is 2. The molecule has 0 aliphatic carbocycles. The maximum absolute atomic E-state index is 15.4. The molecule has 0 spiro atoms. The van der Waals surface area contributed by atoms with Crippen LogP contribution in [0.25, 0.3) is 33.2 Å². The molecule has 2 aliphatic rings. The molecule has 5 heterocycles.